The molecule has 8 fully saturated rings. The van der Waals surface area contributed by atoms with E-state index >= 15 is 0 Å². The zero-order valence-electron chi connectivity index (χ0n) is 36.3. The number of carbonyl (C=O) groups excluding carboxylic acids is 4. The van der Waals surface area contributed by atoms with Crippen molar-refractivity contribution in [3.63, 3.8) is 0 Å². The Kier molecular flexibility index (Phi) is 13.9. The van der Waals surface area contributed by atoms with E-state index in [0.29, 0.717) is 51.4 Å². The predicted octanol–water partition coefficient (Wildman–Crippen LogP) is 3.71. The van der Waals surface area contributed by atoms with E-state index in [-0.39, 0.29) is 90.2 Å². The van der Waals surface area contributed by atoms with Crippen LogP contribution >= 0.6 is 0 Å². The zero-order valence-corrected chi connectivity index (χ0v) is 41.1. The van der Waals surface area contributed by atoms with Gasteiger partial charge in [0.1, 0.15) is 23.1 Å². The van der Waals surface area contributed by atoms with Crippen LogP contribution in [0.5, 0.6) is 0 Å². The van der Waals surface area contributed by atoms with Crippen LogP contribution in [-0.2, 0) is 81.4 Å². The number of rotatable bonds is 8. The molecule has 8 atom stereocenters. The van der Waals surface area contributed by atoms with Crippen molar-refractivity contribution in [2.75, 3.05) is 23.0 Å². The second-order valence-electron chi connectivity index (χ2n) is 21.5. The minimum absolute atomic E-state index is 0. The molecule has 0 spiro atoms. The minimum Gasteiger partial charge on any atom is -0.748 e. The van der Waals surface area contributed by atoms with Gasteiger partial charge in [-0.05, 0) is 96.7 Å². The molecule has 8 bridgehead atoms. The fraction of sp³-hybridized carbons (Fsp3) is 0.900. The maximum Gasteiger partial charge on any atom is 4.00 e. The van der Waals surface area contributed by atoms with E-state index in [1.54, 1.807) is 0 Å². The summed E-state index contributed by atoms with van der Waals surface area (Å²) in [6.07, 6.45) is 7.51. The third kappa shape index (κ3) is 8.88. The van der Waals surface area contributed by atoms with Gasteiger partial charge in [-0.15, -0.1) is 0 Å². The summed E-state index contributed by atoms with van der Waals surface area (Å²) in [6, 6.07) is 0. The maximum atomic E-state index is 11.8. The summed E-state index contributed by atoms with van der Waals surface area (Å²) in [5.74, 6) is -1.12. The Balaban J connectivity index is 0.000000178. The fourth-order valence-corrected chi connectivity index (χ4v) is 18.8. The van der Waals surface area contributed by atoms with Gasteiger partial charge >= 0.3 is 21.7 Å². The first-order valence-electron chi connectivity index (χ1n) is 20.6. The summed E-state index contributed by atoms with van der Waals surface area (Å²) in [6.45, 7) is 15.3. The van der Waals surface area contributed by atoms with Gasteiger partial charge in [-0.1, -0.05) is 55.4 Å². The Morgan fingerprint density at radius 2 is 0.525 bits per heavy atom. The molecule has 8 aliphatic carbocycles. The zero-order chi connectivity index (χ0) is 45.9. The molecule has 0 heterocycles. The molecular formula is C40H60O16S4Ti. The van der Waals surface area contributed by atoms with E-state index in [1.165, 1.54) is 0 Å². The van der Waals surface area contributed by atoms with Gasteiger partial charge in [-0.2, -0.15) is 0 Å². The van der Waals surface area contributed by atoms with Crippen LogP contribution in [-0.4, -0.2) is 98.0 Å². The van der Waals surface area contributed by atoms with Crippen molar-refractivity contribution in [2.24, 2.45) is 67.0 Å². The van der Waals surface area contributed by atoms with E-state index in [9.17, 15) is 71.1 Å². The fourth-order valence-electron chi connectivity index (χ4n) is 13.6. The first kappa shape index (κ1) is 52.7. The molecule has 344 valence electrons. The van der Waals surface area contributed by atoms with Crippen LogP contribution in [0.1, 0.15) is 132 Å². The average Bonchev–Trinajstić information content (AvgIpc) is 3.79. The van der Waals surface area contributed by atoms with Crippen molar-refractivity contribution in [3.05, 3.63) is 0 Å². The Morgan fingerprint density at radius 1 is 0.377 bits per heavy atom. The molecule has 21 heteroatoms. The summed E-state index contributed by atoms with van der Waals surface area (Å²) in [7, 11) is -17.3. The van der Waals surface area contributed by atoms with Gasteiger partial charge in [0.05, 0.1) is 63.5 Å². The summed E-state index contributed by atoms with van der Waals surface area (Å²) in [4.78, 5) is 47.4. The van der Waals surface area contributed by atoms with Crippen molar-refractivity contribution < 1.29 is 92.8 Å². The molecule has 61 heavy (non-hydrogen) atoms. The van der Waals surface area contributed by atoms with Crippen molar-refractivity contribution in [3.8, 4) is 0 Å². The number of Topliss-reactive ketones (excluding diaryl/α,β-unsaturated/α-hetero) is 4. The standard InChI is InChI=1S/4C10H16O4S.Ti/c4*1-9(2)7-3-4-10(9,8(11)5-7)6-15(12,13)14;/h4*7H,3-6H2,1-2H3,(H,12,13,14);/q;;;;+4/p-4/t4*7-,10-;/m1111./s1. The summed E-state index contributed by atoms with van der Waals surface area (Å²) < 4.78 is 131. The average molecular weight is 973 g/mol. The van der Waals surface area contributed by atoms with E-state index in [2.05, 4.69) is 0 Å². The third-order valence-corrected chi connectivity index (χ3v) is 21.6. The van der Waals surface area contributed by atoms with Crippen LogP contribution in [0.4, 0.5) is 0 Å². The van der Waals surface area contributed by atoms with Gasteiger partial charge in [0.25, 0.3) is 0 Å². The van der Waals surface area contributed by atoms with Crippen molar-refractivity contribution in [1.29, 1.82) is 0 Å². The Labute approximate surface area is 376 Å². The quantitative estimate of drug-likeness (QED) is 0.247. The number of hydrogen-bond acceptors (Lipinski definition) is 16. The van der Waals surface area contributed by atoms with E-state index < -0.39 is 85.1 Å². The minimum atomic E-state index is -4.33. The van der Waals surface area contributed by atoms with Gasteiger partial charge in [0, 0.05) is 47.3 Å². The number of carbonyl (C=O) groups is 4. The van der Waals surface area contributed by atoms with Crippen LogP contribution in [0.2, 0.25) is 0 Å². The van der Waals surface area contributed by atoms with Crippen LogP contribution in [0.15, 0.2) is 0 Å². The third-order valence-electron chi connectivity index (χ3n) is 18.2. The second-order valence-corrected chi connectivity index (χ2v) is 27.1. The summed E-state index contributed by atoms with van der Waals surface area (Å²) >= 11 is 0. The monoisotopic (exact) mass is 972 g/mol. The normalized spacial score (nSPS) is 38.0. The predicted molar refractivity (Wildman–Crippen MR) is 213 cm³/mol. The van der Waals surface area contributed by atoms with Gasteiger partial charge in [0.2, 0.25) is 0 Å². The molecular weight excluding hydrogens is 913 g/mol. The number of ketones is 4. The molecule has 0 N–H and O–H groups in total. The van der Waals surface area contributed by atoms with Crippen LogP contribution in [0.3, 0.4) is 0 Å². The first-order valence-corrected chi connectivity index (χ1v) is 26.9. The maximum absolute atomic E-state index is 11.8. The molecule has 8 saturated carbocycles. The topological polar surface area (TPSA) is 297 Å². The van der Waals surface area contributed by atoms with Crippen molar-refractivity contribution in [2.45, 2.75) is 132 Å². The molecule has 0 unspecified atom stereocenters. The van der Waals surface area contributed by atoms with Gasteiger partial charge in [-0.25, -0.2) is 33.7 Å². The SMILES string of the molecule is CC1(C)[C@@H]2CC[C@@]1(CS(=O)(=O)[O-])C(=O)C2.CC1(C)[C@@H]2CC[C@@]1(CS(=O)(=O)[O-])C(=O)C2.CC1(C)[C@@H]2CC[C@@]1(CS(=O)(=O)[O-])C(=O)C2.CC1(C)[C@@H]2CC[C@@]1(CS(=O)(=O)[O-])C(=O)C2.[Ti+4]. The van der Waals surface area contributed by atoms with Crippen molar-refractivity contribution >= 4 is 63.6 Å². The van der Waals surface area contributed by atoms with Gasteiger partial charge in [-0.3, -0.25) is 19.2 Å². The van der Waals surface area contributed by atoms with Crippen LogP contribution in [0, 0.1) is 67.0 Å². The summed E-state index contributed by atoms with van der Waals surface area (Å²) in [5, 5.41) is 0. The number of hydrogen-bond donors (Lipinski definition) is 0. The van der Waals surface area contributed by atoms with E-state index in [0.717, 1.165) is 25.7 Å². The molecule has 0 aliphatic heterocycles. The van der Waals surface area contributed by atoms with Crippen LogP contribution in [0.25, 0.3) is 0 Å². The smallest absolute Gasteiger partial charge is 0.748 e. The molecule has 8 rings (SSSR count). The molecule has 0 aromatic carbocycles. The number of fused-ring (bicyclic) bond motifs is 8. The summed E-state index contributed by atoms with van der Waals surface area (Å²) in [5.41, 5.74) is -4.89. The molecule has 0 amide bonds. The molecule has 8 aliphatic rings. The molecule has 0 aromatic heterocycles. The van der Waals surface area contributed by atoms with E-state index in [1.807, 2.05) is 55.4 Å². The van der Waals surface area contributed by atoms with Crippen molar-refractivity contribution in [1.82, 2.24) is 0 Å². The molecule has 0 radical (unpaired) electrons. The Hall–Kier alpha value is -0.966. The Morgan fingerprint density at radius 3 is 0.607 bits per heavy atom. The molecule has 0 aromatic rings. The van der Waals surface area contributed by atoms with E-state index in [4.69, 9.17) is 0 Å². The Bertz CT molecular complexity index is 1960. The first-order chi connectivity index (χ1) is 26.8. The second kappa shape index (κ2) is 16.1. The van der Waals surface area contributed by atoms with Gasteiger partial charge < -0.3 is 18.2 Å². The molecule has 16 nitrogen and oxygen atoms in total. The molecule has 0 saturated heterocycles. The largest absolute Gasteiger partial charge is 4.00 e. The van der Waals surface area contributed by atoms with Crippen LogP contribution < -0.4 is 0 Å². The van der Waals surface area contributed by atoms with Gasteiger partial charge in [0.15, 0.2) is 0 Å².